The highest BCUT2D eigenvalue weighted by molar-refractivity contribution is 7.89. The van der Waals surface area contributed by atoms with Gasteiger partial charge in [-0.1, -0.05) is 18.0 Å². The van der Waals surface area contributed by atoms with Gasteiger partial charge in [-0.15, -0.1) is 0 Å². The molecular formula is C21H29ClN2O5S. The number of carbonyl (C=O) groups excluding carboxylic acids is 2. The number of hydrogen-bond donors (Lipinski definition) is 0. The van der Waals surface area contributed by atoms with E-state index in [0.29, 0.717) is 13.1 Å². The van der Waals surface area contributed by atoms with E-state index in [1.54, 1.807) is 4.90 Å². The van der Waals surface area contributed by atoms with Gasteiger partial charge in [-0.05, 0) is 64.2 Å². The molecule has 0 radical (unpaired) electrons. The average Bonchev–Trinajstić information content (AvgIpc) is 2.72. The summed E-state index contributed by atoms with van der Waals surface area (Å²) in [6.07, 6.45) is 5.53. The fraction of sp³-hybridized carbons (Fsp3) is 0.619. The van der Waals surface area contributed by atoms with E-state index >= 15 is 0 Å². The number of sulfonamides is 1. The highest BCUT2D eigenvalue weighted by Gasteiger charge is 2.31. The van der Waals surface area contributed by atoms with Gasteiger partial charge in [0.2, 0.25) is 10.0 Å². The number of piperidine rings is 2. The van der Waals surface area contributed by atoms with Crippen LogP contribution in [0.3, 0.4) is 0 Å². The molecule has 2 atom stereocenters. The van der Waals surface area contributed by atoms with E-state index in [9.17, 15) is 18.0 Å². The van der Waals surface area contributed by atoms with E-state index in [4.69, 9.17) is 16.3 Å². The Bertz CT molecular complexity index is 889. The molecule has 7 nitrogen and oxygen atoms in total. The Hall–Kier alpha value is -1.64. The van der Waals surface area contributed by atoms with Gasteiger partial charge in [0.1, 0.15) is 4.90 Å². The molecule has 3 rings (SSSR count). The predicted molar refractivity (Wildman–Crippen MR) is 114 cm³/mol. The van der Waals surface area contributed by atoms with Crippen molar-refractivity contribution >= 4 is 33.5 Å². The molecule has 0 aromatic heterocycles. The summed E-state index contributed by atoms with van der Waals surface area (Å²) in [5, 5.41) is 0.0594. The van der Waals surface area contributed by atoms with Crippen LogP contribution in [0.2, 0.25) is 5.02 Å². The van der Waals surface area contributed by atoms with Crippen LogP contribution in [0.25, 0.3) is 0 Å². The van der Waals surface area contributed by atoms with Crippen LogP contribution in [0.15, 0.2) is 23.1 Å². The molecule has 0 aliphatic carbocycles. The van der Waals surface area contributed by atoms with Crippen molar-refractivity contribution in [1.29, 1.82) is 0 Å². The van der Waals surface area contributed by atoms with E-state index in [2.05, 4.69) is 0 Å². The number of nitrogens with zero attached hydrogens (tertiary/aromatic N) is 2. The lowest BCUT2D eigenvalue weighted by Gasteiger charge is -2.38. The summed E-state index contributed by atoms with van der Waals surface area (Å²) in [6.45, 7) is 4.49. The lowest BCUT2D eigenvalue weighted by Crippen LogP contribution is -2.49. The normalized spacial score (nSPS) is 23.2. The van der Waals surface area contributed by atoms with Crippen LogP contribution < -0.4 is 0 Å². The number of halogens is 1. The van der Waals surface area contributed by atoms with E-state index in [0.717, 1.165) is 38.5 Å². The molecule has 2 heterocycles. The van der Waals surface area contributed by atoms with Crippen molar-refractivity contribution in [2.24, 2.45) is 0 Å². The molecule has 9 heteroatoms. The van der Waals surface area contributed by atoms with Crippen molar-refractivity contribution < 1.29 is 22.7 Å². The summed E-state index contributed by atoms with van der Waals surface area (Å²) in [5.74, 6) is -0.981. The molecule has 0 N–H and O–H groups in total. The largest absolute Gasteiger partial charge is 0.452 e. The fourth-order valence-electron chi connectivity index (χ4n) is 4.27. The molecule has 166 valence electrons. The minimum atomic E-state index is -3.79. The fourth-order valence-corrected chi connectivity index (χ4v) is 6.29. The van der Waals surface area contributed by atoms with Gasteiger partial charge in [-0.25, -0.2) is 13.2 Å². The van der Waals surface area contributed by atoms with Gasteiger partial charge in [-0.3, -0.25) is 4.79 Å². The van der Waals surface area contributed by atoms with Crippen LogP contribution in [0, 0.1) is 0 Å². The molecule has 2 fully saturated rings. The zero-order valence-corrected chi connectivity index (χ0v) is 19.0. The predicted octanol–water partition coefficient (Wildman–Crippen LogP) is 3.46. The average molecular weight is 457 g/mol. The third kappa shape index (κ3) is 4.98. The quantitative estimate of drug-likeness (QED) is 0.633. The van der Waals surface area contributed by atoms with Crippen LogP contribution in [0.4, 0.5) is 0 Å². The number of carbonyl (C=O) groups is 2. The number of esters is 1. The Labute approximate surface area is 183 Å². The van der Waals surface area contributed by atoms with Crippen molar-refractivity contribution in [2.45, 2.75) is 69.4 Å². The first-order chi connectivity index (χ1) is 14.2. The molecule has 1 aromatic carbocycles. The minimum absolute atomic E-state index is 0.0579. The zero-order valence-electron chi connectivity index (χ0n) is 17.5. The molecular weight excluding hydrogens is 428 g/mol. The maximum absolute atomic E-state index is 13.0. The molecule has 2 aliphatic rings. The lowest BCUT2D eigenvalue weighted by molar-refractivity contribution is -0.140. The monoisotopic (exact) mass is 456 g/mol. The van der Waals surface area contributed by atoms with Gasteiger partial charge >= 0.3 is 5.97 Å². The Balaban J connectivity index is 1.71. The highest BCUT2D eigenvalue weighted by Crippen LogP contribution is 2.28. The lowest BCUT2D eigenvalue weighted by atomic mass is 9.97. The second-order valence-corrected chi connectivity index (χ2v) is 10.4. The Morgan fingerprint density at radius 2 is 1.70 bits per heavy atom. The van der Waals surface area contributed by atoms with Crippen LogP contribution in [-0.4, -0.2) is 61.3 Å². The number of rotatable bonds is 5. The highest BCUT2D eigenvalue weighted by atomic mass is 35.5. The standard InChI is InChI=1S/C21H29ClN2O5S/c1-15-7-6-8-16(2)24(15)20(25)14-29-21(26)17-9-10-18(22)19(13-17)30(27,28)23-11-4-3-5-12-23/h9-10,13,15-16H,3-8,11-12,14H2,1-2H3/t15-,16+. The van der Waals surface area contributed by atoms with Gasteiger partial charge in [-0.2, -0.15) is 4.31 Å². The van der Waals surface area contributed by atoms with Crippen molar-refractivity contribution in [3.05, 3.63) is 28.8 Å². The molecule has 0 saturated carbocycles. The number of ether oxygens (including phenoxy) is 1. The van der Waals surface area contributed by atoms with Crippen molar-refractivity contribution in [3.63, 3.8) is 0 Å². The first-order valence-electron chi connectivity index (χ1n) is 10.5. The number of likely N-dealkylation sites (tertiary alicyclic amines) is 1. The van der Waals surface area contributed by atoms with Crippen molar-refractivity contribution in [3.8, 4) is 0 Å². The van der Waals surface area contributed by atoms with Gasteiger partial charge in [0.05, 0.1) is 10.6 Å². The van der Waals surface area contributed by atoms with Crippen LogP contribution in [0.5, 0.6) is 0 Å². The Morgan fingerprint density at radius 3 is 2.33 bits per heavy atom. The summed E-state index contributed by atoms with van der Waals surface area (Å²) < 4.78 is 32.5. The van der Waals surface area contributed by atoms with Crippen molar-refractivity contribution in [2.75, 3.05) is 19.7 Å². The second kappa shape index (κ2) is 9.66. The maximum Gasteiger partial charge on any atom is 0.338 e. The smallest absolute Gasteiger partial charge is 0.338 e. The molecule has 30 heavy (non-hydrogen) atoms. The Kier molecular flexibility index (Phi) is 7.42. The Morgan fingerprint density at radius 1 is 1.07 bits per heavy atom. The van der Waals surface area contributed by atoms with Crippen LogP contribution >= 0.6 is 11.6 Å². The third-order valence-corrected chi connectivity index (χ3v) is 8.29. The van der Waals surface area contributed by atoms with Crippen LogP contribution in [-0.2, 0) is 19.6 Å². The number of amides is 1. The van der Waals surface area contributed by atoms with Gasteiger partial charge < -0.3 is 9.64 Å². The van der Waals surface area contributed by atoms with E-state index in [1.165, 1.54) is 22.5 Å². The first kappa shape index (κ1) is 23.0. The van der Waals surface area contributed by atoms with E-state index < -0.39 is 16.0 Å². The zero-order chi connectivity index (χ0) is 21.9. The number of benzene rings is 1. The molecule has 2 saturated heterocycles. The van der Waals surface area contributed by atoms with Gasteiger partial charge in [0.25, 0.3) is 5.91 Å². The topological polar surface area (TPSA) is 84.0 Å². The number of hydrogen-bond acceptors (Lipinski definition) is 5. The third-order valence-electron chi connectivity index (χ3n) is 5.91. The minimum Gasteiger partial charge on any atom is -0.452 e. The molecule has 0 unspecified atom stereocenters. The second-order valence-electron chi connectivity index (χ2n) is 8.12. The van der Waals surface area contributed by atoms with Gasteiger partial charge in [0, 0.05) is 25.2 Å². The van der Waals surface area contributed by atoms with Gasteiger partial charge in [0.15, 0.2) is 6.61 Å². The van der Waals surface area contributed by atoms with Crippen LogP contribution in [0.1, 0.15) is 62.7 Å². The first-order valence-corrected chi connectivity index (χ1v) is 12.3. The molecule has 1 amide bonds. The van der Waals surface area contributed by atoms with Crippen molar-refractivity contribution in [1.82, 2.24) is 9.21 Å². The SMILES string of the molecule is C[C@@H]1CCC[C@H](C)N1C(=O)COC(=O)c1ccc(Cl)c(S(=O)(=O)N2CCCCC2)c1. The molecule has 1 aromatic rings. The summed E-state index contributed by atoms with van der Waals surface area (Å²) >= 11 is 6.15. The summed E-state index contributed by atoms with van der Waals surface area (Å²) in [7, 11) is -3.79. The summed E-state index contributed by atoms with van der Waals surface area (Å²) in [4.78, 5) is 26.7. The summed E-state index contributed by atoms with van der Waals surface area (Å²) in [5.41, 5.74) is 0.0579. The van der Waals surface area contributed by atoms with E-state index in [-0.39, 0.29) is 40.1 Å². The van der Waals surface area contributed by atoms with E-state index in [1.807, 2.05) is 13.8 Å². The summed E-state index contributed by atoms with van der Waals surface area (Å²) in [6, 6.07) is 4.25. The maximum atomic E-state index is 13.0. The molecule has 0 spiro atoms. The molecule has 0 bridgehead atoms. The molecule has 2 aliphatic heterocycles.